The number of aldehydes is 1. The van der Waals surface area contributed by atoms with E-state index in [4.69, 9.17) is 0 Å². The van der Waals surface area contributed by atoms with Crippen LogP contribution in [0.2, 0.25) is 0 Å². The molecule has 2 aromatic carbocycles. The normalized spacial score (nSPS) is 9.96. The lowest BCUT2D eigenvalue weighted by Gasteiger charge is -2.08. The second-order valence-electron chi connectivity index (χ2n) is 4.93. The minimum absolute atomic E-state index is 0.316. The molecule has 0 spiro atoms. The number of esters is 1. The number of benzene rings is 2. The predicted molar refractivity (Wildman–Crippen MR) is 86.6 cm³/mol. The van der Waals surface area contributed by atoms with E-state index in [9.17, 15) is 14.4 Å². The summed E-state index contributed by atoms with van der Waals surface area (Å²) in [6, 6.07) is 13.6. The van der Waals surface area contributed by atoms with Crippen molar-refractivity contribution in [1.82, 2.24) is 0 Å². The summed E-state index contributed by atoms with van der Waals surface area (Å²) in [7, 11) is 1.29. The summed E-state index contributed by atoms with van der Waals surface area (Å²) in [6.45, 7) is 0. The molecule has 1 amide bonds. The summed E-state index contributed by atoms with van der Waals surface area (Å²) < 4.78 is 4.64. The third-order valence-corrected chi connectivity index (χ3v) is 3.28. The van der Waals surface area contributed by atoms with E-state index in [1.165, 1.54) is 13.2 Å². The maximum Gasteiger partial charge on any atom is 0.337 e. The number of aryl methyl sites for hydroxylation is 1. The van der Waals surface area contributed by atoms with E-state index >= 15 is 0 Å². The first-order valence-electron chi connectivity index (χ1n) is 7.16. The number of nitrogens with one attached hydrogen (secondary N) is 1. The topological polar surface area (TPSA) is 72.5 Å². The molecule has 0 atom stereocenters. The highest BCUT2D eigenvalue weighted by Gasteiger charge is 2.11. The average Bonchev–Trinajstić information content (AvgIpc) is 2.59. The molecule has 0 aromatic heterocycles. The van der Waals surface area contributed by atoms with Gasteiger partial charge in [-0.1, -0.05) is 18.2 Å². The van der Waals surface area contributed by atoms with Gasteiger partial charge in [-0.25, -0.2) is 4.79 Å². The Bertz CT molecular complexity index is 724. The van der Waals surface area contributed by atoms with Crippen molar-refractivity contribution in [2.24, 2.45) is 0 Å². The second-order valence-corrected chi connectivity index (χ2v) is 4.93. The van der Waals surface area contributed by atoms with Gasteiger partial charge in [0, 0.05) is 17.7 Å². The molecule has 0 aliphatic rings. The number of rotatable bonds is 6. The summed E-state index contributed by atoms with van der Waals surface area (Å²) in [5.74, 6) is -0.807. The lowest BCUT2D eigenvalue weighted by molar-refractivity contribution is -0.107. The molecule has 0 fully saturated rings. The Morgan fingerprint density at radius 2 is 1.83 bits per heavy atom. The Hall–Kier alpha value is -2.95. The Morgan fingerprint density at radius 1 is 1.09 bits per heavy atom. The van der Waals surface area contributed by atoms with Gasteiger partial charge in [0.05, 0.1) is 12.7 Å². The summed E-state index contributed by atoms with van der Waals surface area (Å²) >= 11 is 0. The number of anilines is 1. The second kappa shape index (κ2) is 7.89. The van der Waals surface area contributed by atoms with Crippen molar-refractivity contribution < 1.29 is 19.1 Å². The van der Waals surface area contributed by atoms with Gasteiger partial charge >= 0.3 is 5.97 Å². The number of amides is 1. The van der Waals surface area contributed by atoms with E-state index in [-0.39, 0.29) is 5.91 Å². The first-order chi connectivity index (χ1) is 11.1. The van der Waals surface area contributed by atoms with E-state index in [0.717, 1.165) is 11.8 Å². The molecule has 0 radical (unpaired) electrons. The van der Waals surface area contributed by atoms with Crippen molar-refractivity contribution in [3.05, 3.63) is 65.2 Å². The van der Waals surface area contributed by atoms with Gasteiger partial charge in [-0.15, -0.1) is 0 Å². The number of ether oxygens (including phenoxy) is 1. The van der Waals surface area contributed by atoms with Gasteiger partial charge in [-0.2, -0.15) is 0 Å². The van der Waals surface area contributed by atoms with Crippen LogP contribution in [0.15, 0.2) is 48.5 Å². The number of methoxy groups -OCH3 is 1. The lowest BCUT2D eigenvalue weighted by atomic mass is 10.1. The van der Waals surface area contributed by atoms with Gasteiger partial charge in [0.25, 0.3) is 5.91 Å². The SMILES string of the molecule is COC(=O)c1cccc(C(=O)Nc2cccc(CCC=O)c2)c1. The highest BCUT2D eigenvalue weighted by atomic mass is 16.5. The van der Waals surface area contributed by atoms with Gasteiger partial charge in [0.2, 0.25) is 0 Å². The monoisotopic (exact) mass is 311 g/mol. The van der Waals surface area contributed by atoms with Gasteiger partial charge in [-0.05, 0) is 42.3 Å². The number of carbonyl (C=O) groups excluding carboxylic acids is 3. The van der Waals surface area contributed by atoms with E-state index in [1.807, 2.05) is 18.2 Å². The Balaban J connectivity index is 2.12. The zero-order valence-electron chi connectivity index (χ0n) is 12.7. The van der Waals surface area contributed by atoms with Crippen LogP contribution in [0.4, 0.5) is 5.69 Å². The molecule has 0 aliphatic carbocycles. The number of hydrogen-bond acceptors (Lipinski definition) is 4. The smallest absolute Gasteiger partial charge is 0.337 e. The molecular weight excluding hydrogens is 294 g/mol. The van der Waals surface area contributed by atoms with Crippen molar-refractivity contribution in [3.63, 3.8) is 0 Å². The van der Waals surface area contributed by atoms with E-state index in [0.29, 0.717) is 29.7 Å². The third-order valence-electron chi connectivity index (χ3n) is 3.28. The van der Waals surface area contributed by atoms with Crippen LogP contribution in [0.25, 0.3) is 0 Å². The molecule has 118 valence electrons. The quantitative estimate of drug-likeness (QED) is 0.657. The minimum atomic E-state index is -0.490. The minimum Gasteiger partial charge on any atom is -0.465 e. The molecule has 0 aliphatic heterocycles. The van der Waals surface area contributed by atoms with Crippen LogP contribution in [0.5, 0.6) is 0 Å². The van der Waals surface area contributed by atoms with Gasteiger partial charge in [0.15, 0.2) is 0 Å². The molecule has 0 heterocycles. The summed E-state index contributed by atoms with van der Waals surface area (Å²) in [6.07, 6.45) is 1.94. The lowest BCUT2D eigenvalue weighted by Crippen LogP contribution is -2.13. The molecule has 0 unspecified atom stereocenters. The van der Waals surface area contributed by atoms with Crippen LogP contribution in [0, 0.1) is 0 Å². The van der Waals surface area contributed by atoms with Crippen molar-refractivity contribution in [3.8, 4) is 0 Å². The number of hydrogen-bond donors (Lipinski definition) is 1. The van der Waals surface area contributed by atoms with Crippen LogP contribution in [0.1, 0.15) is 32.7 Å². The molecule has 0 saturated carbocycles. The van der Waals surface area contributed by atoms with Crippen molar-refractivity contribution in [2.75, 3.05) is 12.4 Å². The third kappa shape index (κ3) is 4.51. The maximum absolute atomic E-state index is 12.3. The molecular formula is C18H17NO4. The molecule has 5 nitrogen and oxygen atoms in total. The van der Waals surface area contributed by atoms with Crippen LogP contribution in [-0.4, -0.2) is 25.3 Å². The standard InChI is InChI=1S/C18H17NO4/c1-23-18(22)15-8-3-7-14(12-15)17(21)19-16-9-2-5-13(11-16)6-4-10-20/h2-3,5,7-12H,4,6H2,1H3,(H,19,21). The van der Waals surface area contributed by atoms with Crippen LogP contribution in [-0.2, 0) is 16.0 Å². The molecule has 2 rings (SSSR count). The zero-order chi connectivity index (χ0) is 16.7. The fourth-order valence-corrected chi connectivity index (χ4v) is 2.14. The molecule has 1 N–H and O–H groups in total. The molecule has 5 heteroatoms. The summed E-state index contributed by atoms with van der Waals surface area (Å²) in [5, 5.41) is 2.78. The van der Waals surface area contributed by atoms with Crippen LogP contribution >= 0.6 is 0 Å². The highest BCUT2D eigenvalue weighted by Crippen LogP contribution is 2.14. The summed E-state index contributed by atoms with van der Waals surface area (Å²) in [4.78, 5) is 34.2. The zero-order valence-corrected chi connectivity index (χ0v) is 12.7. The first kappa shape index (κ1) is 16.4. The van der Waals surface area contributed by atoms with E-state index in [2.05, 4.69) is 10.1 Å². The van der Waals surface area contributed by atoms with Gasteiger partial charge < -0.3 is 14.8 Å². The molecule has 0 saturated heterocycles. The fourth-order valence-electron chi connectivity index (χ4n) is 2.14. The van der Waals surface area contributed by atoms with E-state index in [1.54, 1.807) is 24.3 Å². The van der Waals surface area contributed by atoms with Gasteiger partial charge in [-0.3, -0.25) is 4.79 Å². The Labute approximate surface area is 134 Å². The highest BCUT2D eigenvalue weighted by molar-refractivity contribution is 6.05. The van der Waals surface area contributed by atoms with Crippen molar-refractivity contribution in [2.45, 2.75) is 12.8 Å². The number of carbonyl (C=O) groups is 3. The summed E-state index contributed by atoms with van der Waals surface area (Å²) in [5.41, 5.74) is 2.30. The molecule has 23 heavy (non-hydrogen) atoms. The van der Waals surface area contributed by atoms with Crippen LogP contribution in [0.3, 0.4) is 0 Å². The Kier molecular flexibility index (Phi) is 5.63. The first-order valence-corrected chi connectivity index (χ1v) is 7.16. The molecule has 0 bridgehead atoms. The average molecular weight is 311 g/mol. The van der Waals surface area contributed by atoms with Crippen molar-refractivity contribution in [1.29, 1.82) is 0 Å². The van der Waals surface area contributed by atoms with Crippen LogP contribution < -0.4 is 5.32 Å². The molecule has 2 aromatic rings. The largest absolute Gasteiger partial charge is 0.465 e. The fraction of sp³-hybridized carbons (Fsp3) is 0.167. The predicted octanol–water partition coefficient (Wildman–Crippen LogP) is 2.86. The Morgan fingerprint density at radius 3 is 2.57 bits per heavy atom. The van der Waals surface area contributed by atoms with E-state index < -0.39 is 5.97 Å². The maximum atomic E-state index is 12.3. The van der Waals surface area contributed by atoms with Crippen molar-refractivity contribution >= 4 is 23.9 Å². The van der Waals surface area contributed by atoms with Gasteiger partial charge in [0.1, 0.15) is 6.29 Å².